The van der Waals surface area contributed by atoms with Crippen LogP contribution >= 0.6 is 0 Å². The highest BCUT2D eigenvalue weighted by molar-refractivity contribution is 5.95. The molecule has 32 heavy (non-hydrogen) atoms. The number of methoxy groups -OCH3 is 2. The lowest BCUT2D eigenvalue weighted by Crippen LogP contribution is -2.54. The van der Waals surface area contributed by atoms with Crippen LogP contribution in [0.1, 0.15) is 17.3 Å². The minimum atomic E-state index is -0.000988. The molecule has 0 aliphatic carbocycles. The molecular weight excluding hydrogens is 408 g/mol. The first kappa shape index (κ1) is 21.4. The molecule has 1 aliphatic heterocycles. The minimum absolute atomic E-state index is 0.000988. The summed E-state index contributed by atoms with van der Waals surface area (Å²) in [4.78, 5) is 25.7. The minimum Gasteiger partial charge on any atom is -0.497 e. The van der Waals surface area contributed by atoms with Crippen molar-refractivity contribution in [1.29, 1.82) is 0 Å². The number of nitrogens with zero attached hydrogens (tertiary/aromatic N) is 4. The maximum absolute atomic E-state index is 13.0. The number of amides is 1. The summed E-state index contributed by atoms with van der Waals surface area (Å²) in [5.41, 5.74) is 0.624. The first-order valence-electron chi connectivity index (χ1n) is 10.4. The second kappa shape index (κ2) is 9.55. The van der Waals surface area contributed by atoms with E-state index in [2.05, 4.69) is 14.9 Å². The van der Waals surface area contributed by atoms with Crippen molar-refractivity contribution in [3.63, 3.8) is 0 Å². The molecule has 3 aromatic rings. The molecule has 0 radical (unpaired) electrons. The topological polar surface area (TPSA) is 77.0 Å². The smallest absolute Gasteiger partial charge is 0.254 e. The average Bonchev–Trinajstić information content (AvgIpc) is 2.84. The Morgan fingerprint density at radius 1 is 0.969 bits per heavy atom. The largest absolute Gasteiger partial charge is 0.497 e. The number of ether oxygens (including phenoxy) is 3. The Morgan fingerprint density at radius 3 is 2.53 bits per heavy atom. The zero-order valence-corrected chi connectivity index (χ0v) is 18.4. The molecule has 4 rings (SSSR count). The van der Waals surface area contributed by atoms with Crippen LogP contribution < -0.4 is 19.1 Å². The lowest BCUT2D eigenvalue weighted by atomic mass is 10.1. The Hall–Kier alpha value is -3.81. The van der Waals surface area contributed by atoms with Crippen molar-refractivity contribution in [3.05, 3.63) is 66.5 Å². The predicted octanol–water partition coefficient (Wildman–Crippen LogP) is 3.64. The Balaban J connectivity index is 1.45. The van der Waals surface area contributed by atoms with Gasteiger partial charge in [0.15, 0.2) is 11.5 Å². The number of benzene rings is 2. The van der Waals surface area contributed by atoms with Crippen molar-refractivity contribution in [1.82, 2.24) is 14.9 Å². The summed E-state index contributed by atoms with van der Waals surface area (Å²) in [7, 11) is 3.19. The lowest BCUT2D eigenvalue weighted by molar-refractivity contribution is 0.0673. The fraction of sp³-hybridized carbons (Fsp3) is 0.292. The number of aromatic nitrogens is 2. The molecule has 1 amide bonds. The number of piperazine rings is 1. The van der Waals surface area contributed by atoms with Crippen LogP contribution in [0.5, 0.6) is 23.1 Å². The molecular formula is C24H26N4O4. The van der Waals surface area contributed by atoms with Gasteiger partial charge in [-0.3, -0.25) is 4.79 Å². The van der Waals surface area contributed by atoms with Crippen molar-refractivity contribution in [2.24, 2.45) is 0 Å². The van der Waals surface area contributed by atoms with Gasteiger partial charge in [0.05, 0.1) is 14.2 Å². The number of hydrogen-bond acceptors (Lipinski definition) is 7. The standard InChI is InChI=1S/C24H26N4O4/c1-17-15-27(11-12-28(17)24(29)18-7-6-8-19(13-18)30-2)22-14-23(26-16-25-22)32-21-10-5-4-9-20(21)31-3/h4-10,13-14,16-17H,11-12,15H2,1-3H3/t17-/m1/s1. The summed E-state index contributed by atoms with van der Waals surface area (Å²) in [6, 6.07) is 16.5. The molecule has 1 fully saturated rings. The molecule has 0 spiro atoms. The highest BCUT2D eigenvalue weighted by Gasteiger charge is 2.29. The quantitative estimate of drug-likeness (QED) is 0.586. The fourth-order valence-corrected chi connectivity index (χ4v) is 3.76. The Kier molecular flexibility index (Phi) is 6.39. The van der Waals surface area contributed by atoms with Gasteiger partial charge in [-0.1, -0.05) is 18.2 Å². The number of carbonyl (C=O) groups excluding carboxylic acids is 1. The zero-order valence-electron chi connectivity index (χ0n) is 18.4. The van der Waals surface area contributed by atoms with Gasteiger partial charge in [0.25, 0.3) is 5.91 Å². The van der Waals surface area contributed by atoms with Crippen LogP contribution in [-0.4, -0.2) is 60.7 Å². The van der Waals surface area contributed by atoms with E-state index in [9.17, 15) is 4.79 Å². The number of hydrogen-bond donors (Lipinski definition) is 0. The van der Waals surface area contributed by atoms with Crippen LogP contribution in [0.4, 0.5) is 5.82 Å². The summed E-state index contributed by atoms with van der Waals surface area (Å²) in [6.07, 6.45) is 1.48. The van der Waals surface area contributed by atoms with E-state index in [-0.39, 0.29) is 11.9 Å². The lowest BCUT2D eigenvalue weighted by Gasteiger charge is -2.40. The molecule has 1 aliphatic rings. The molecule has 1 atom stereocenters. The Morgan fingerprint density at radius 2 is 1.78 bits per heavy atom. The van der Waals surface area contributed by atoms with Crippen molar-refractivity contribution >= 4 is 11.7 Å². The monoisotopic (exact) mass is 434 g/mol. The highest BCUT2D eigenvalue weighted by Crippen LogP contribution is 2.31. The van der Waals surface area contributed by atoms with E-state index in [0.29, 0.717) is 48.3 Å². The van der Waals surface area contributed by atoms with E-state index >= 15 is 0 Å². The number of anilines is 1. The van der Waals surface area contributed by atoms with Crippen LogP contribution in [0.3, 0.4) is 0 Å². The summed E-state index contributed by atoms with van der Waals surface area (Å²) in [5, 5.41) is 0. The van der Waals surface area contributed by atoms with E-state index < -0.39 is 0 Å². The van der Waals surface area contributed by atoms with E-state index in [1.165, 1.54) is 6.33 Å². The van der Waals surface area contributed by atoms with E-state index in [1.807, 2.05) is 54.3 Å². The van der Waals surface area contributed by atoms with E-state index in [0.717, 1.165) is 5.82 Å². The van der Waals surface area contributed by atoms with Gasteiger partial charge >= 0.3 is 0 Å². The summed E-state index contributed by atoms with van der Waals surface area (Å²) >= 11 is 0. The van der Waals surface area contributed by atoms with Crippen LogP contribution in [-0.2, 0) is 0 Å². The van der Waals surface area contributed by atoms with Crippen molar-refractivity contribution < 1.29 is 19.0 Å². The molecule has 2 heterocycles. The van der Waals surface area contributed by atoms with Gasteiger partial charge in [-0.25, -0.2) is 9.97 Å². The summed E-state index contributed by atoms with van der Waals surface area (Å²) < 4.78 is 16.5. The zero-order chi connectivity index (χ0) is 22.5. The third-order valence-electron chi connectivity index (χ3n) is 5.44. The van der Waals surface area contributed by atoms with Gasteiger partial charge in [-0.15, -0.1) is 0 Å². The van der Waals surface area contributed by atoms with Crippen molar-refractivity contribution in [3.8, 4) is 23.1 Å². The molecule has 0 bridgehead atoms. The van der Waals surface area contributed by atoms with Gasteiger partial charge in [-0.05, 0) is 37.3 Å². The fourth-order valence-electron chi connectivity index (χ4n) is 3.76. The molecule has 8 heteroatoms. The second-order valence-corrected chi connectivity index (χ2v) is 7.49. The predicted molar refractivity (Wildman–Crippen MR) is 121 cm³/mol. The molecule has 8 nitrogen and oxygen atoms in total. The number of para-hydroxylation sites is 2. The van der Waals surface area contributed by atoms with Gasteiger partial charge < -0.3 is 24.0 Å². The van der Waals surface area contributed by atoms with E-state index in [1.54, 1.807) is 26.4 Å². The second-order valence-electron chi connectivity index (χ2n) is 7.49. The van der Waals surface area contributed by atoms with Gasteiger partial charge in [0, 0.05) is 37.3 Å². The molecule has 166 valence electrons. The van der Waals surface area contributed by atoms with Crippen molar-refractivity contribution in [2.45, 2.75) is 13.0 Å². The Labute approximate surface area is 187 Å². The molecule has 1 aromatic heterocycles. The molecule has 0 saturated carbocycles. The van der Waals surface area contributed by atoms with Crippen molar-refractivity contribution in [2.75, 3.05) is 38.8 Å². The first-order valence-corrected chi connectivity index (χ1v) is 10.4. The molecule has 0 unspecified atom stereocenters. The number of carbonyl (C=O) groups is 1. The van der Waals surface area contributed by atoms with E-state index in [4.69, 9.17) is 14.2 Å². The van der Waals surface area contributed by atoms with Gasteiger partial charge in [0.2, 0.25) is 5.88 Å². The molecule has 1 saturated heterocycles. The first-order chi connectivity index (χ1) is 15.6. The average molecular weight is 434 g/mol. The number of rotatable bonds is 6. The molecule has 0 N–H and O–H groups in total. The van der Waals surface area contributed by atoms with Crippen LogP contribution in [0.25, 0.3) is 0 Å². The van der Waals surface area contributed by atoms with Gasteiger partial charge in [-0.2, -0.15) is 0 Å². The third kappa shape index (κ3) is 4.59. The van der Waals surface area contributed by atoms with Crippen LogP contribution in [0, 0.1) is 0 Å². The molecule has 2 aromatic carbocycles. The SMILES string of the molecule is COc1cccc(C(=O)N2CCN(c3cc(Oc4ccccc4OC)ncn3)C[C@H]2C)c1. The summed E-state index contributed by atoms with van der Waals surface area (Å²) in [6.45, 7) is 3.94. The normalized spacial score (nSPS) is 15.9. The third-order valence-corrected chi connectivity index (χ3v) is 5.44. The van der Waals surface area contributed by atoms with Gasteiger partial charge in [0.1, 0.15) is 17.9 Å². The maximum atomic E-state index is 13.0. The summed E-state index contributed by atoms with van der Waals surface area (Å²) in [5.74, 6) is 3.07. The Bertz CT molecular complexity index is 1090. The van der Waals surface area contributed by atoms with Crippen LogP contribution in [0.2, 0.25) is 0 Å². The maximum Gasteiger partial charge on any atom is 0.254 e. The van der Waals surface area contributed by atoms with Crippen LogP contribution in [0.15, 0.2) is 60.9 Å². The highest BCUT2D eigenvalue weighted by atomic mass is 16.5.